The minimum Gasteiger partial charge on any atom is -0.390 e. The number of aromatic nitrogens is 2. The first-order chi connectivity index (χ1) is 11.3. The molecule has 1 N–H and O–H groups in total. The third-order valence-electron chi connectivity index (χ3n) is 4.06. The number of hydrogen-bond acceptors (Lipinski definition) is 2. The van der Waals surface area contributed by atoms with Crippen LogP contribution >= 0.6 is 0 Å². The Balaban J connectivity index is 2.03. The predicted molar refractivity (Wildman–Crippen MR) is 98.1 cm³/mol. The first-order valence-corrected chi connectivity index (χ1v) is 9.41. The van der Waals surface area contributed by atoms with E-state index in [1.807, 2.05) is 0 Å². The number of aryl methyl sites for hydroxylation is 2. The van der Waals surface area contributed by atoms with Crippen LogP contribution in [0.5, 0.6) is 0 Å². The molecule has 0 spiro atoms. The van der Waals surface area contributed by atoms with Crippen molar-refractivity contribution in [1.82, 2.24) is 14.8 Å². The topological polar surface area (TPSA) is 24.1 Å². The quantitative estimate of drug-likeness (QED) is 0.419. The highest BCUT2D eigenvalue weighted by Crippen LogP contribution is 1.99. The zero-order chi connectivity index (χ0) is 16.8. The summed E-state index contributed by atoms with van der Waals surface area (Å²) in [5, 5.41) is 3.33. The van der Waals surface area contributed by atoms with E-state index in [0.717, 1.165) is 26.2 Å². The van der Waals surface area contributed by atoms with Crippen LogP contribution in [-0.2, 0) is 13.1 Å². The van der Waals surface area contributed by atoms with Gasteiger partial charge in [0.2, 0.25) is 6.33 Å². The predicted octanol–water partition coefficient (Wildman–Crippen LogP) is 3.54. The second-order valence-electron chi connectivity index (χ2n) is 6.41. The fraction of sp³-hybridized carbons (Fsp3) is 0.737. The Morgan fingerprint density at radius 2 is 1.91 bits per heavy atom. The Morgan fingerprint density at radius 3 is 2.70 bits per heavy atom. The van der Waals surface area contributed by atoms with E-state index in [9.17, 15) is 0 Å². The van der Waals surface area contributed by atoms with Crippen molar-refractivity contribution in [3.63, 3.8) is 0 Å². The number of nitrogens with zero attached hydrogens (tertiary/aromatic N) is 3. The fourth-order valence-electron chi connectivity index (χ4n) is 2.49. The zero-order valence-corrected chi connectivity index (χ0v) is 15.5. The van der Waals surface area contributed by atoms with Gasteiger partial charge in [-0.25, -0.2) is 9.13 Å². The molecule has 0 aliphatic heterocycles. The van der Waals surface area contributed by atoms with Gasteiger partial charge in [0.25, 0.3) is 0 Å². The van der Waals surface area contributed by atoms with E-state index >= 15 is 0 Å². The molecular formula is C19H37N4+. The van der Waals surface area contributed by atoms with Crippen LogP contribution in [0.1, 0.15) is 58.8 Å². The molecule has 1 heterocycles. The summed E-state index contributed by atoms with van der Waals surface area (Å²) in [5.74, 6) is 0. The van der Waals surface area contributed by atoms with Crippen molar-refractivity contribution in [2.75, 3.05) is 20.1 Å². The summed E-state index contributed by atoms with van der Waals surface area (Å²) >= 11 is 0. The molecule has 23 heavy (non-hydrogen) atoms. The highest BCUT2D eigenvalue weighted by Gasteiger charge is 2.02. The fourth-order valence-corrected chi connectivity index (χ4v) is 2.49. The Kier molecular flexibility index (Phi) is 11.1. The minimum atomic E-state index is 1.08. The van der Waals surface area contributed by atoms with Crippen molar-refractivity contribution in [2.45, 2.75) is 71.9 Å². The summed E-state index contributed by atoms with van der Waals surface area (Å²) in [6.07, 6.45) is 19.7. The second kappa shape index (κ2) is 13.0. The molecule has 1 aromatic heterocycles. The van der Waals surface area contributed by atoms with Crippen molar-refractivity contribution in [2.24, 2.45) is 0 Å². The highest BCUT2D eigenvalue weighted by atomic mass is 15.1. The molecule has 0 amide bonds. The lowest BCUT2D eigenvalue weighted by Crippen LogP contribution is -2.31. The molecule has 0 radical (unpaired) electrons. The van der Waals surface area contributed by atoms with Gasteiger partial charge in [0.05, 0.1) is 13.1 Å². The lowest BCUT2D eigenvalue weighted by atomic mass is 10.2. The van der Waals surface area contributed by atoms with E-state index < -0.39 is 0 Å². The molecule has 4 heteroatoms. The molecule has 0 fully saturated rings. The van der Waals surface area contributed by atoms with Gasteiger partial charge in [-0.3, -0.25) is 0 Å². The molecule has 1 aromatic rings. The number of hydrogen-bond donors (Lipinski definition) is 1. The maximum absolute atomic E-state index is 3.33. The van der Waals surface area contributed by atoms with E-state index in [-0.39, 0.29) is 0 Å². The number of imidazole rings is 1. The van der Waals surface area contributed by atoms with Gasteiger partial charge in [-0.2, -0.15) is 0 Å². The van der Waals surface area contributed by atoms with Crippen molar-refractivity contribution in [1.29, 1.82) is 0 Å². The van der Waals surface area contributed by atoms with Crippen LogP contribution in [0.3, 0.4) is 0 Å². The zero-order valence-electron chi connectivity index (χ0n) is 15.5. The average molecular weight is 322 g/mol. The highest BCUT2D eigenvalue weighted by molar-refractivity contribution is 4.78. The monoisotopic (exact) mass is 321 g/mol. The van der Waals surface area contributed by atoms with E-state index in [1.54, 1.807) is 0 Å². The van der Waals surface area contributed by atoms with Gasteiger partial charge in [0.15, 0.2) is 0 Å². The van der Waals surface area contributed by atoms with Gasteiger partial charge in [-0.05, 0) is 32.1 Å². The SMILES string of the molecule is CCCCN/C=C\N(C)CCCCC[n+]1ccn(CCCC)c1. The smallest absolute Gasteiger partial charge is 0.243 e. The van der Waals surface area contributed by atoms with E-state index in [1.165, 1.54) is 44.9 Å². The van der Waals surface area contributed by atoms with E-state index in [2.05, 4.69) is 71.4 Å². The van der Waals surface area contributed by atoms with Gasteiger partial charge in [0.1, 0.15) is 12.4 Å². The summed E-state index contributed by atoms with van der Waals surface area (Å²) in [4.78, 5) is 2.27. The van der Waals surface area contributed by atoms with Crippen molar-refractivity contribution in [3.05, 3.63) is 31.1 Å². The third-order valence-corrected chi connectivity index (χ3v) is 4.06. The molecule has 0 aromatic carbocycles. The molecule has 4 nitrogen and oxygen atoms in total. The molecule has 0 aliphatic carbocycles. The van der Waals surface area contributed by atoms with Crippen LogP contribution in [0.4, 0.5) is 0 Å². The van der Waals surface area contributed by atoms with Crippen LogP contribution in [0.25, 0.3) is 0 Å². The lowest BCUT2D eigenvalue weighted by molar-refractivity contribution is -0.696. The van der Waals surface area contributed by atoms with Crippen LogP contribution in [-0.4, -0.2) is 29.6 Å². The van der Waals surface area contributed by atoms with Gasteiger partial charge in [0, 0.05) is 32.5 Å². The van der Waals surface area contributed by atoms with Crippen LogP contribution in [0.2, 0.25) is 0 Å². The molecule has 0 saturated heterocycles. The summed E-state index contributed by atoms with van der Waals surface area (Å²) in [6.45, 7) is 8.95. The first kappa shape index (κ1) is 19.6. The Hall–Kier alpha value is -1.45. The number of nitrogens with one attached hydrogen (secondary N) is 1. The minimum absolute atomic E-state index is 1.08. The molecule has 132 valence electrons. The maximum atomic E-state index is 3.33. The second-order valence-corrected chi connectivity index (χ2v) is 6.41. The number of unbranched alkanes of at least 4 members (excludes halogenated alkanes) is 4. The summed E-state index contributed by atoms with van der Waals surface area (Å²) < 4.78 is 4.62. The van der Waals surface area contributed by atoms with Crippen LogP contribution in [0, 0.1) is 0 Å². The van der Waals surface area contributed by atoms with Crippen molar-refractivity contribution >= 4 is 0 Å². The van der Waals surface area contributed by atoms with Gasteiger partial charge < -0.3 is 10.2 Å². The summed E-state index contributed by atoms with van der Waals surface area (Å²) in [5.41, 5.74) is 0. The number of rotatable bonds is 14. The molecule has 0 bridgehead atoms. The molecule has 1 rings (SSSR count). The van der Waals surface area contributed by atoms with Crippen molar-refractivity contribution < 1.29 is 4.57 Å². The summed E-state index contributed by atoms with van der Waals surface area (Å²) in [6, 6.07) is 0. The largest absolute Gasteiger partial charge is 0.390 e. The molecule has 0 atom stereocenters. The first-order valence-electron chi connectivity index (χ1n) is 9.41. The normalized spacial score (nSPS) is 11.3. The third kappa shape index (κ3) is 10.0. The van der Waals surface area contributed by atoms with Gasteiger partial charge in [-0.15, -0.1) is 0 Å². The Labute approximate surface area is 143 Å². The molecule has 0 saturated carbocycles. The van der Waals surface area contributed by atoms with Gasteiger partial charge in [-0.1, -0.05) is 26.7 Å². The van der Waals surface area contributed by atoms with Crippen molar-refractivity contribution in [3.8, 4) is 0 Å². The molecule has 0 aliphatic rings. The molecule has 0 unspecified atom stereocenters. The van der Waals surface area contributed by atoms with Crippen LogP contribution < -0.4 is 9.88 Å². The standard InChI is InChI=1S/C19H37N4/c1-4-6-11-20-12-16-21(3)13-9-8-10-15-23-18-17-22(19-23)14-7-5-2/h12,16-20H,4-11,13-15H2,1-3H3/q+1/b16-12-. The molecular weight excluding hydrogens is 284 g/mol. The maximum Gasteiger partial charge on any atom is 0.243 e. The Bertz CT molecular complexity index is 411. The Morgan fingerprint density at radius 1 is 1.09 bits per heavy atom. The lowest BCUT2D eigenvalue weighted by Gasteiger charge is -2.13. The average Bonchev–Trinajstić information content (AvgIpc) is 3.00. The van der Waals surface area contributed by atoms with E-state index in [4.69, 9.17) is 0 Å². The van der Waals surface area contributed by atoms with E-state index in [0.29, 0.717) is 0 Å². The van der Waals surface area contributed by atoms with Gasteiger partial charge >= 0.3 is 0 Å². The summed E-state index contributed by atoms with van der Waals surface area (Å²) in [7, 11) is 2.15. The van der Waals surface area contributed by atoms with Crippen LogP contribution in [0.15, 0.2) is 31.1 Å².